The van der Waals surface area contributed by atoms with Crippen molar-refractivity contribution in [2.75, 3.05) is 32.8 Å². The van der Waals surface area contributed by atoms with Gasteiger partial charge in [-0.1, -0.05) is 37.6 Å². The zero-order valence-electron chi connectivity index (χ0n) is 16.4. The summed E-state index contributed by atoms with van der Waals surface area (Å²) in [5.74, 6) is 0.645. The maximum atomic E-state index is 12.3. The Balaban J connectivity index is 1.47. The van der Waals surface area contributed by atoms with Gasteiger partial charge in [0, 0.05) is 37.1 Å². The first kappa shape index (κ1) is 20.0. The van der Waals surface area contributed by atoms with Crippen LogP contribution in [-0.2, 0) is 16.0 Å². The van der Waals surface area contributed by atoms with Crippen LogP contribution in [0.25, 0.3) is 10.6 Å². The van der Waals surface area contributed by atoms with Crippen molar-refractivity contribution in [1.82, 2.24) is 15.2 Å². The Morgan fingerprint density at radius 2 is 2.30 bits per heavy atom. The molecule has 1 N–H and O–H groups in total. The summed E-state index contributed by atoms with van der Waals surface area (Å²) in [4.78, 5) is 19.3. The predicted octanol–water partition coefficient (Wildman–Crippen LogP) is 3.13. The van der Waals surface area contributed by atoms with Crippen LogP contribution in [0.2, 0.25) is 0 Å². The van der Waals surface area contributed by atoms with Gasteiger partial charge in [-0.05, 0) is 18.9 Å². The standard InChI is InChI=1S/C21H29N3O2S/c1-15(2)12-24-7-8-26-19(13-24)11-22-20(25)10-18-14-27-21(23-18)17-6-4-5-16(3)9-17/h4-6,9,14-15,19H,7-8,10-13H2,1-3H3,(H,22,25). The van der Waals surface area contributed by atoms with Gasteiger partial charge in [0.2, 0.25) is 5.91 Å². The van der Waals surface area contributed by atoms with Gasteiger partial charge in [0.15, 0.2) is 0 Å². The van der Waals surface area contributed by atoms with Crippen LogP contribution < -0.4 is 5.32 Å². The molecule has 0 spiro atoms. The molecular formula is C21H29N3O2S. The average molecular weight is 388 g/mol. The molecule has 0 aliphatic carbocycles. The molecule has 0 bridgehead atoms. The minimum Gasteiger partial charge on any atom is -0.374 e. The second-order valence-electron chi connectivity index (χ2n) is 7.64. The van der Waals surface area contributed by atoms with E-state index >= 15 is 0 Å². The zero-order chi connectivity index (χ0) is 19.2. The van der Waals surface area contributed by atoms with Gasteiger partial charge in [0.05, 0.1) is 24.8 Å². The number of carbonyl (C=O) groups is 1. The number of rotatable bonds is 7. The number of hydrogen-bond donors (Lipinski definition) is 1. The van der Waals surface area contributed by atoms with Gasteiger partial charge >= 0.3 is 0 Å². The van der Waals surface area contributed by atoms with E-state index in [9.17, 15) is 4.79 Å². The topological polar surface area (TPSA) is 54.5 Å². The first-order valence-corrected chi connectivity index (χ1v) is 10.5. The third-order valence-corrected chi connectivity index (χ3v) is 5.47. The van der Waals surface area contributed by atoms with Crippen molar-refractivity contribution in [1.29, 1.82) is 0 Å². The van der Waals surface area contributed by atoms with Crippen molar-refractivity contribution in [3.63, 3.8) is 0 Å². The molecule has 1 unspecified atom stereocenters. The smallest absolute Gasteiger partial charge is 0.226 e. The van der Waals surface area contributed by atoms with E-state index in [1.807, 2.05) is 11.4 Å². The highest BCUT2D eigenvalue weighted by Crippen LogP contribution is 2.24. The Morgan fingerprint density at radius 1 is 1.44 bits per heavy atom. The Hall–Kier alpha value is -1.76. The number of benzene rings is 1. The van der Waals surface area contributed by atoms with E-state index in [-0.39, 0.29) is 12.0 Å². The molecule has 2 aromatic rings. The second kappa shape index (κ2) is 9.44. The van der Waals surface area contributed by atoms with E-state index in [0.717, 1.165) is 42.5 Å². The van der Waals surface area contributed by atoms with E-state index < -0.39 is 0 Å². The molecule has 1 aliphatic heterocycles. The van der Waals surface area contributed by atoms with Gasteiger partial charge in [-0.25, -0.2) is 4.98 Å². The minimum atomic E-state index is 0.000625. The normalized spacial score (nSPS) is 18.0. The lowest BCUT2D eigenvalue weighted by molar-refractivity contribution is -0.121. The van der Waals surface area contributed by atoms with Crippen molar-refractivity contribution < 1.29 is 9.53 Å². The van der Waals surface area contributed by atoms with Crippen LogP contribution in [0, 0.1) is 12.8 Å². The third kappa shape index (κ3) is 6.13. The number of ether oxygens (including phenoxy) is 1. The summed E-state index contributed by atoms with van der Waals surface area (Å²) in [6.07, 6.45) is 0.379. The number of nitrogens with one attached hydrogen (secondary N) is 1. The average Bonchev–Trinajstić information content (AvgIpc) is 3.08. The van der Waals surface area contributed by atoms with Crippen LogP contribution in [0.4, 0.5) is 0 Å². The molecule has 0 radical (unpaired) electrons. The molecule has 2 heterocycles. The lowest BCUT2D eigenvalue weighted by Crippen LogP contribution is -2.48. The quantitative estimate of drug-likeness (QED) is 0.793. The summed E-state index contributed by atoms with van der Waals surface area (Å²) in [5, 5.41) is 5.94. The number of morpholine rings is 1. The minimum absolute atomic E-state index is 0.000625. The van der Waals surface area contributed by atoms with Crippen LogP contribution in [0.3, 0.4) is 0 Å². The summed E-state index contributed by atoms with van der Waals surface area (Å²) in [7, 11) is 0. The predicted molar refractivity (Wildman–Crippen MR) is 110 cm³/mol. The lowest BCUT2D eigenvalue weighted by Gasteiger charge is -2.33. The summed E-state index contributed by atoms with van der Waals surface area (Å²) in [6.45, 7) is 10.8. The molecule has 27 heavy (non-hydrogen) atoms. The fourth-order valence-corrected chi connectivity index (χ4v) is 4.16. The van der Waals surface area contributed by atoms with Crippen molar-refractivity contribution in [2.24, 2.45) is 5.92 Å². The van der Waals surface area contributed by atoms with E-state index in [1.165, 1.54) is 5.56 Å². The molecule has 1 aromatic carbocycles. The number of thiazole rings is 1. The Bertz CT molecular complexity index is 759. The zero-order valence-corrected chi connectivity index (χ0v) is 17.2. The number of aromatic nitrogens is 1. The Labute approximate surface area is 165 Å². The molecule has 146 valence electrons. The molecule has 0 saturated carbocycles. The number of hydrogen-bond acceptors (Lipinski definition) is 5. The summed E-state index contributed by atoms with van der Waals surface area (Å²) in [6, 6.07) is 8.28. The van der Waals surface area contributed by atoms with Gasteiger partial charge in [-0.2, -0.15) is 0 Å². The number of carbonyl (C=O) groups excluding carboxylic acids is 1. The largest absolute Gasteiger partial charge is 0.374 e. The summed E-state index contributed by atoms with van der Waals surface area (Å²) >= 11 is 1.58. The van der Waals surface area contributed by atoms with Crippen LogP contribution >= 0.6 is 11.3 Å². The first-order chi connectivity index (χ1) is 13.0. The van der Waals surface area contributed by atoms with Crippen molar-refractivity contribution in [3.8, 4) is 10.6 Å². The van der Waals surface area contributed by atoms with Crippen molar-refractivity contribution in [3.05, 3.63) is 40.9 Å². The van der Waals surface area contributed by atoms with Gasteiger partial charge in [0.1, 0.15) is 5.01 Å². The van der Waals surface area contributed by atoms with Gasteiger partial charge < -0.3 is 10.1 Å². The highest BCUT2D eigenvalue weighted by Gasteiger charge is 2.21. The van der Waals surface area contributed by atoms with Crippen LogP contribution in [0.5, 0.6) is 0 Å². The molecule has 1 saturated heterocycles. The SMILES string of the molecule is Cc1cccc(-c2nc(CC(=O)NCC3CN(CC(C)C)CCO3)cs2)c1. The Kier molecular flexibility index (Phi) is 6.99. The van der Waals surface area contributed by atoms with Gasteiger partial charge in [-0.3, -0.25) is 9.69 Å². The summed E-state index contributed by atoms with van der Waals surface area (Å²) < 4.78 is 5.79. The molecule has 1 atom stereocenters. The molecule has 6 heteroatoms. The fourth-order valence-electron chi connectivity index (χ4n) is 3.34. The van der Waals surface area contributed by atoms with E-state index in [4.69, 9.17) is 4.74 Å². The van der Waals surface area contributed by atoms with E-state index in [1.54, 1.807) is 11.3 Å². The highest BCUT2D eigenvalue weighted by atomic mass is 32.1. The number of aryl methyl sites for hydroxylation is 1. The second-order valence-corrected chi connectivity index (χ2v) is 8.50. The van der Waals surface area contributed by atoms with Gasteiger partial charge in [-0.15, -0.1) is 11.3 Å². The van der Waals surface area contributed by atoms with Crippen LogP contribution in [0.15, 0.2) is 29.6 Å². The van der Waals surface area contributed by atoms with Crippen LogP contribution in [-0.4, -0.2) is 54.7 Å². The van der Waals surface area contributed by atoms with Crippen molar-refractivity contribution >= 4 is 17.2 Å². The fraction of sp³-hybridized carbons (Fsp3) is 0.524. The third-order valence-electron chi connectivity index (χ3n) is 4.53. The molecule has 1 fully saturated rings. The molecular weight excluding hydrogens is 358 g/mol. The molecule has 1 aromatic heterocycles. The van der Waals surface area contributed by atoms with E-state index in [2.05, 4.69) is 54.2 Å². The maximum Gasteiger partial charge on any atom is 0.226 e. The lowest BCUT2D eigenvalue weighted by atomic mass is 10.1. The number of amides is 1. The van der Waals surface area contributed by atoms with Gasteiger partial charge in [0.25, 0.3) is 0 Å². The highest BCUT2D eigenvalue weighted by molar-refractivity contribution is 7.13. The van der Waals surface area contributed by atoms with Crippen LogP contribution in [0.1, 0.15) is 25.1 Å². The molecule has 1 aliphatic rings. The maximum absolute atomic E-state index is 12.3. The first-order valence-electron chi connectivity index (χ1n) is 9.61. The van der Waals surface area contributed by atoms with E-state index in [0.29, 0.717) is 18.9 Å². The van der Waals surface area contributed by atoms with Crippen molar-refractivity contribution in [2.45, 2.75) is 33.3 Å². The molecule has 5 nitrogen and oxygen atoms in total. The molecule has 3 rings (SSSR count). The monoisotopic (exact) mass is 387 g/mol. The Morgan fingerprint density at radius 3 is 3.07 bits per heavy atom. The number of nitrogens with zero attached hydrogens (tertiary/aromatic N) is 2. The molecule has 1 amide bonds. The summed E-state index contributed by atoms with van der Waals surface area (Å²) in [5.41, 5.74) is 3.13.